The lowest BCUT2D eigenvalue weighted by molar-refractivity contribution is -0.123. The van der Waals surface area contributed by atoms with Crippen molar-refractivity contribution in [3.8, 4) is 5.75 Å². The molecular formula is C14H18ClNO2. The van der Waals surface area contributed by atoms with Gasteiger partial charge in [-0.1, -0.05) is 18.5 Å². The zero-order valence-electron chi connectivity index (χ0n) is 10.9. The number of halogens is 1. The number of benzene rings is 1. The number of hydrogen-bond donors (Lipinski definition) is 0. The summed E-state index contributed by atoms with van der Waals surface area (Å²) < 4.78 is 5.15. The zero-order valence-corrected chi connectivity index (χ0v) is 11.7. The summed E-state index contributed by atoms with van der Waals surface area (Å²) in [6.07, 6.45) is 0.606. The minimum absolute atomic E-state index is 0.0691. The molecule has 0 aliphatic carbocycles. The molecule has 0 aromatic heterocycles. The summed E-state index contributed by atoms with van der Waals surface area (Å²) in [5.74, 6) is 1.09. The summed E-state index contributed by atoms with van der Waals surface area (Å²) in [7, 11) is 1.60. The summed E-state index contributed by atoms with van der Waals surface area (Å²) in [5, 5.41) is 0.603. The van der Waals surface area contributed by atoms with Crippen LogP contribution < -0.4 is 9.64 Å². The third-order valence-electron chi connectivity index (χ3n) is 3.79. The van der Waals surface area contributed by atoms with Crippen molar-refractivity contribution in [2.75, 3.05) is 18.6 Å². The molecule has 3 nitrogen and oxygen atoms in total. The summed E-state index contributed by atoms with van der Waals surface area (Å²) in [6, 6.07) is 5.96. The minimum atomic E-state index is 0.0691. The molecule has 18 heavy (non-hydrogen) atoms. The molecule has 98 valence electrons. The number of hydrogen-bond acceptors (Lipinski definition) is 3. The van der Waals surface area contributed by atoms with Gasteiger partial charge in [-0.25, -0.2) is 0 Å². The molecule has 1 saturated heterocycles. The Morgan fingerprint density at radius 3 is 2.72 bits per heavy atom. The van der Waals surface area contributed by atoms with Crippen LogP contribution in [-0.2, 0) is 4.79 Å². The van der Waals surface area contributed by atoms with Gasteiger partial charge >= 0.3 is 0 Å². The Bertz CT molecular complexity index is 461. The average Bonchev–Trinajstić information content (AvgIpc) is 2.36. The number of piperidine rings is 1. The molecule has 1 aliphatic rings. The van der Waals surface area contributed by atoms with Gasteiger partial charge in [0.2, 0.25) is 0 Å². The van der Waals surface area contributed by atoms with Crippen molar-refractivity contribution < 1.29 is 9.53 Å². The Morgan fingerprint density at radius 1 is 1.39 bits per heavy atom. The molecule has 0 amide bonds. The van der Waals surface area contributed by atoms with E-state index in [1.165, 1.54) is 0 Å². The normalized spacial score (nSPS) is 24.2. The fourth-order valence-electron chi connectivity index (χ4n) is 2.40. The molecule has 0 saturated carbocycles. The number of nitrogens with zero attached hydrogens (tertiary/aromatic N) is 1. The molecule has 1 heterocycles. The molecule has 0 radical (unpaired) electrons. The van der Waals surface area contributed by atoms with Gasteiger partial charge in [-0.3, -0.25) is 4.79 Å². The highest BCUT2D eigenvalue weighted by Gasteiger charge is 2.31. The minimum Gasteiger partial charge on any atom is -0.495 e. The Morgan fingerprint density at radius 2 is 2.11 bits per heavy atom. The fourth-order valence-corrected chi connectivity index (χ4v) is 2.65. The van der Waals surface area contributed by atoms with Crippen LogP contribution in [-0.4, -0.2) is 25.5 Å². The van der Waals surface area contributed by atoms with E-state index in [-0.39, 0.29) is 12.0 Å². The Balaban J connectivity index is 2.26. The lowest BCUT2D eigenvalue weighted by atomic mass is 9.90. The summed E-state index contributed by atoms with van der Waals surface area (Å²) in [6.45, 7) is 4.83. The smallest absolute Gasteiger partial charge is 0.139 e. The lowest BCUT2D eigenvalue weighted by Gasteiger charge is -2.38. The van der Waals surface area contributed by atoms with E-state index in [9.17, 15) is 4.79 Å². The van der Waals surface area contributed by atoms with E-state index < -0.39 is 0 Å². The first kappa shape index (κ1) is 13.2. The monoisotopic (exact) mass is 267 g/mol. The molecule has 2 rings (SSSR count). The number of ether oxygens (including phenoxy) is 1. The van der Waals surface area contributed by atoms with Gasteiger partial charge in [0.05, 0.1) is 12.1 Å². The van der Waals surface area contributed by atoms with E-state index in [0.717, 1.165) is 12.2 Å². The second-order valence-electron chi connectivity index (χ2n) is 4.76. The molecular weight excluding hydrogens is 250 g/mol. The number of Topliss-reactive ketones (excluding diaryl/α,β-unsaturated/α-hetero) is 1. The third-order valence-corrected chi connectivity index (χ3v) is 4.08. The Kier molecular flexibility index (Phi) is 3.81. The summed E-state index contributed by atoms with van der Waals surface area (Å²) in [5.41, 5.74) is 1.05. The molecule has 1 fully saturated rings. The van der Waals surface area contributed by atoms with E-state index >= 15 is 0 Å². The Labute approximate surface area is 113 Å². The van der Waals surface area contributed by atoms with Gasteiger partial charge in [-0.2, -0.15) is 0 Å². The third kappa shape index (κ3) is 2.32. The maximum Gasteiger partial charge on any atom is 0.139 e. The van der Waals surface area contributed by atoms with Crippen LogP contribution in [0.25, 0.3) is 0 Å². The van der Waals surface area contributed by atoms with Crippen molar-refractivity contribution in [1.29, 1.82) is 0 Å². The molecule has 2 atom stereocenters. The van der Waals surface area contributed by atoms with E-state index in [4.69, 9.17) is 16.3 Å². The topological polar surface area (TPSA) is 29.5 Å². The lowest BCUT2D eigenvalue weighted by Crippen LogP contribution is -2.46. The van der Waals surface area contributed by atoms with Crippen molar-refractivity contribution >= 4 is 23.1 Å². The van der Waals surface area contributed by atoms with Crippen molar-refractivity contribution in [1.82, 2.24) is 0 Å². The van der Waals surface area contributed by atoms with Crippen molar-refractivity contribution in [3.63, 3.8) is 0 Å². The van der Waals surface area contributed by atoms with Gasteiger partial charge in [0.1, 0.15) is 11.5 Å². The van der Waals surface area contributed by atoms with Crippen molar-refractivity contribution in [2.24, 2.45) is 5.92 Å². The van der Waals surface area contributed by atoms with Crippen LogP contribution in [0.5, 0.6) is 5.75 Å². The van der Waals surface area contributed by atoms with Crippen LogP contribution in [0.2, 0.25) is 5.02 Å². The highest BCUT2D eigenvalue weighted by Crippen LogP contribution is 2.32. The van der Waals surface area contributed by atoms with Gasteiger partial charge in [0.15, 0.2) is 0 Å². The Hall–Kier alpha value is -1.22. The molecule has 1 aromatic rings. The molecule has 0 spiro atoms. The van der Waals surface area contributed by atoms with Crippen molar-refractivity contribution in [2.45, 2.75) is 26.3 Å². The molecule has 1 aliphatic heterocycles. The second kappa shape index (κ2) is 5.19. The predicted molar refractivity (Wildman–Crippen MR) is 73.6 cm³/mol. The van der Waals surface area contributed by atoms with Crippen LogP contribution in [0.1, 0.15) is 20.3 Å². The number of carbonyl (C=O) groups excluding carboxylic acids is 1. The molecule has 4 heteroatoms. The van der Waals surface area contributed by atoms with Crippen LogP contribution in [0.15, 0.2) is 18.2 Å². The average molecular weight is 268 g/mol. The number of rotatable bonds is 2. The molecule has 0 N–H and O–H groups in total. The maximum atomic E-state index is 11.7. The quantitative estimate of drug-likeness (QED) is 0.824. The van der Waals surface area contributed by atoms with Gasteiger partial charge < -0.3 is 9.64 Å². The van der Waals surface area contributed by atoms with Gasteiger partial charge in [0, 0.05) is 30.6 Å². The first-order chi connectivity index (χ1) is 8.54. The van der Waals surface area contributed by atoms with Crippen LogP contribution in [0, 0.1) is 5.92 Å². The summed E-state index contributed by atoms with van der Waals surface area (Å²) >= 11 is 6.14. The van der Waals surface area contributed by atoms with E-state index in [2.05, 4.69) is 11.8 Å². The number of methoxy groups -OCH3 is 1. The fraction of sp³-hybridized carbons (Fsp3) is 0.500. The van der Waals surface area contributed by atoms with E-state index in [1.54, 1.807) is 7.11 Å². The van der Waals surface area contributed by atoms with Crippen LogP contribution in [0.3, 0.4) is 0 Å². The van der Waals surface area contributed by atoms with Gasteiger partial charge in [-0.15, -0.1) is 0 Å². The van der Waals surface area contributed by atoms with Crippen LogP contribution in [0.4, 0.5) is 5.69 Å². The van der Waals surface area contributed by atoms with Crippen molar-refractivity contribution in [3.05, 3.63) is 23.2 Å². The first-order valence-corrected chi connectivity index (χ1v) is 6.55. The largest absolute Gasteiger partial charge is 0.495 e. The number of ketones is 1. The maximum absolute atomic E-state index is 11.7. The highest BCUT2D eigenvalue weighted by molar-refractivity contribution is 6.32. The van der Waals surface area contributed by atoms with E-state index in [1.807, 2.05) is 25.1 Å². The summed E-state index contributed by atoms with van der Waals surface area (Å²) in [4.78, 5) is 13.9. The first-order valence-electron chi connectivity index (χ1n) is 6.17. The SMILES string of the molecule is COc1ccc(N2CCC(=O)C(C)C2C)cc1Cl. The molecule has 2 unspecified atom stereocenters. The number of anilines is 1. The molecule has 1 aromatic carbocycles. The molecule has 0 bridgehead atoms. The zero-order chi connectivity index (χ0) is 13.3. The standard InChI is InChI=1S/C14H18ClNO2/c1-9-10(2)16(7-6-13(9)17)11-4-5-14(18-3)12(15)8-11/h4-5,8-10H,6-7H2,1-3H3. The predicted octanol–water partition coefficient (Wildman–Crippen LogP) is 3.15. The highest BCUT2D eigenvalue weighted by atomic mass is 35.5. The van der Waals surface area contributed by atoms with Gasteiger partial charge in [-0.05, 0) is 25.1 Å². The van der Waals surface area contributed by atoms with Crippen LogP contribution >= 0.6 is 11.6 Å². The van der Waals surface area contributed by atoms with Gasteiger partial charge in [0.25, 0.3) is 0 Å². The second-order valence-corrected chi connectivity index (χ2v) is 5.17. The number of carbonyl (C=O) groups is 1. The van der Waals surface area contributed by atoms with E-state index in [0.29, 0.717) is 23.0 Å².